The molecular weight excluding hydrogens is 323 g/mol. The van der Waals surface area contributed by atoms with Gasteiger partial charge in [0, 0.05) is 12.1 Å². The van der Waals surface area contributed by atoms with Crippen LogP contribution >= 0.6 is 0 Å². The predicted molar refractivity (Wildman–Crippen MR) is 82.0 cm³/mol. The summed E-state index contributed by atoms with van der Waals surface area (Å²) in [6, 6.07) is 10.7. The third kappa shape index (κ3) is 4.76. The number of halogens is 1. The predicted octanol–water partition coefficient (Wildman–Crippen LogP) is 1.28. The van der Waals surface area contributed by atoms with Crippen molar-refractivity contribution in [2.75, 3.05) is 13.2 Å². The Bertz CT molecular complexity index is 774. The number of ether oxygens (including phenoxy) is 1. The van der Waals surface area contributed by atoms with Crippen LogP contribution < -0.4 is 15.2 Å². The van der Waals surface area contributed by atoms with Gasteiger partial charge in [0.15, 0.2) is 0 Å². The molecule has 122 valence electrons. The van der Waals surface area contributed by atoms with E-state index >= 15 is 0 Å². The van der Waals surface area contributed by atoms with Crippen LogP contribution in [0.3, 0.4) is 0 Å². The van der Waals surface area contributed by atoms with Crippen molar-refractivity contribution in [1.29, 1.82) is 0 Å². The molecule has 0 atom stereocenters. The van der Waals surface area contributed by atoms with Crippen LogP contribution in [0.15, 0.2) is 53.4 Å². The van der Waals surface area contributed by atoms with Crippen molar-refractivity contribution in [3.63, 3.8) is 0 Å². The first kappa shape index (κ1) is 16.9. The van der Waals surface area contributed by atoms with Gasteiger partial charge >= 0.3 is 0 Å². The molecule has 1 amide bonds. The smallest absolute Gasteiger partial charge is 0.248 e. The number of nitrogens with two attached hydrogens (primary N) is 1. The first-order valence-corrected chi connectivity index (χ1v) is 8.15. The number of primary amides is 1. The lowest BCUT2D eigenvalue weighted by atomic mass is 10.2. The molecule has 0 aliphatic carbocycles. The molecule has 0 saturated carbocycles. The Kier molecular flexibility index (Phi) is 5.30. The zero-order chi connectivity index (χ0) is 16.9. The number of hydrogen-bond donors (Lipinski definition) is 2. The fourth-order valence-corrected chi connectivity index (χ4v) is 2.77. The van der Waals surface area contributed by atoms with Crippen LogP contribution in [-0.4, -0.2) is 27.5 Å². The normalized spacial score (nSPS) is 11.2. The molecule has 6 nitrogen and oxygen atoms in total. The van der Waals surface area contributed by atoms with Gasteiger partial charge in [0.05, 0.1) is 4.90 Å². The molecule has 8 heteroatoms. The fourth-order valence-electron chi connectivity index (χ4n) is 1.76. The molecule has 0 heterocycles. The van der Waals surface area contributed by atoms with E-state index in [2.05, 4.69) is 4.72 Å². The third-order valence-electron chi connectivity index (χ3n) is 2.93. The minimum Gasteiger partial charge on any atom is -0.492 e. The summed E-state index contributed by atoms with van der Waals surface area (Å²) in [6.07, 6.45) is 0. The topological polar surface area (TPSA) is 98.5 Å². The van der Waals surface area contributed by atoms with Crippen molar-refractivity contribution >= 4 is 15.9 Å². The lowest BCUT2D eigenvalue weighted by Crippen LogP contribution is -2.28. The molecule has 0 aliphatic rings. The molecule has 0 unspecified atom stereocenters. The van der Waals surface area contributed by atoms with Crippen LogP contribution in [0.25, 0.3) is 0 Å². The molecule has 0 spiro atoms. The Balaban J connectivity index is 1.88. The Morgan fingerprint density at radius 3 is 2.26 bits per heavy atom. The van der Waals surface area contributed by atoms with Gasteiger partial charge in [-0.15, -0.1) is 0 Å². The molecule has 23 heavy (non-hydrogen) atoms. The standard InChI is InChI=1S/C15H15FN2O4S/c16-12-3-5-13(6-4-12)22-10-9-18-23(20,21)14-7-1-11(2-8-14)15(17)19/h1-8,18H,9-10H2,(H2,17,19). The number of carbonyl (C=O) groups excluding carboxylic acids is 1. The van der Waals surface area contributed by atoms with Crippen LogP contribution in [-0.2, 0) is 10.0 Å². The van der Waals surface area contributed by atoms with Crippen LogP contribution in [0, 0.1) is 5.82 Å². The molecule has 0 saturated heterocycles. The molecule has 2 aromatic rings. The van der Waals surface area contributed by atoms with Crippen molar-refractivity contribution in [1.82, 2.24) is 4.72 Å². The SMILES string of the molecule is NC(=O)c1ccc(S(=O)(=O)NCCOc2ccc(F)cc2)cc1. The van der Waals surface area contributed by atoms with E-state index in [1.165, 1.54) is 48.5 Å². The Labute approximate surface area is 133 Å². The number of hydrogen-bond acceptors (Lipinski definition) is 4. The number of sulfonamides is 1. The molecule has 2 rings (SSSR count). The summed E-state index contributed by atoms with van der Waals surface area (Å²) in [4.78, 5) is 11.0. The minimum atomic E-state index is -3.71. The average molecular weight is 338 g/mol. The maximum atomic E-state index is 12.7. The molecule has 0 aliphatic heterocycles. The zero-order valence-corrected chi connectivity index (χ0v) is 12.8. The average Bonchev–Trinajstić information content (AvgIpc) is 2.53. The van der Waals surface area contributed by atoms with Crippen LogP contribution in [0.1, 0.15) is 10.4 Å². The summed E-state index contributed by atoms with van der Waals surface area (Å²) in [5.74, 6) is -0.566. The van der Waals surface area contributed by atoms with Crippen molar-refractivity contribution in [2.45, 2.75) is 4.90 Å². The molecule has 3 N–H and O–H groups in total. The molecule has 0 bridgehead atoms. The van der Waals surface area contributed by atoms with Crippen LogP contribution in [0.4, 0.5) is 4.39 Å². The minimum absolute atomic E-state index is 0.0179. The Morgan fingerprint density at radius 1 is 1.09 bits per heavy atom. The number of carbonyl (C=O) groups is 1. The number of rotatable bonds is 7. The van der Waals surface area contributed by atoms with E-state index in [0.717, 1.165) is 0 Å². The molecule has 2 aromatic carbocycles. The Morgan fingerprint density at radius 2 is 1.70 bits per heavy atom. The maximum absolute atomic E-state index is 12.7. The quantitative estimate of drug-likeness (QED) is 0.743. The molecule has 0 aromatic heterocycles. The Hall–Kier alpha value is -2.45. The monoisotopic (exact) mass is 338 g/mol. The second-order valence-electron chi connectivity index (χ2n) is 4.59. The number of amides is 1. The van der Waals surface area contributed by atoms with Gasteiger partial charge in [0.1, 0.15) is 18.2 Å². The molecule has 0 fully saturated rings. The largest absolute Gasteiger partial charge is 0.492 e. The van der Waals surface area contributed by atoms with Crippen molar-refractivity contribution in [2.24, 2.45) is 5.73 Å². The molecule has 0 radical (unpaired) electrons. The number of benzene rings is 2. The first-order chi connectivity index (χ1) is 10.9. The van der Waals surface area contributed by atoms with Crippen LogP contribution in [0.2, 0.25) is 0 Å². The highest BCUT2D eigenvalue weighted by Gasteiger charge is 2.13. The lowest BCUT2D eigenvalue weighted by Gasteiger charge is -2.09. The first-order valence-electron chi connectivity index (χ1n) is 6.66. The van der Waals surface area contributed by atoms with Crippen molar-refractivity contribution in [3.8, 4) is 5.75 Å². The van der Waals surface area contributed by atoms with E-state index in [4.69, 9.17) is 10.5 Å². The second kappa shape index (κ2) is 7.21. The number of nitrogens with one attached hydrogen (secondary N) is 1. The van der Waals surface area contributed by atoms with Crippen LogP contribution in [0.5, 0.6) is 5.75 Å². The van der Waals surface area contributed by atoms with E-state index in [9.17, 15) is 17.6 Å². The summed E-state index contributed by atoms with van der Waals surface area (Å²) in [6.45, 7) is 0.127. The highest BCUT2D eigenvalue weighted by Crippen LogP contribution is 2.12. The van der Waals surface area contributed by atoms with E-state index in [1.54, 1.807) is 0 Å². The van der Waals surface area contributed by atoms with Gasteiger partial charge in [-0.05, 0) is 48.5 Å². The van der Waals surface area contributed by atoms with Gasteiger partial charge in [-0.2, -0.15) is 0 Å². The zero-order valence-electron chi connectivity index (χ0n) is 12.0. The van der Waals surface area contributed by atoms with Gasteiger partial charge in [-0.1, -0.05) is 0 Å². The highest BCUT2D eigenvalue weighted by molar-refractivity contribution is 7.89. The summed E-state index contributed by atoms with van der Waals surface area (Å²) in [5.41, 5.74) is 5.32. The van der Waals surface area contributed by atoms with Gasteiger partial charge in [-0.25, -0.2) is 17.5 Å². The van der Waals surface area contributed by atoms with E-state index in [0.29, 0.717) is 5.75 Å². The fraction of sp³-hybridized carbons (Fsp3) is 0.133. The van der Waals surface area contributed by atoms with E-state index in [1.807, 2.05) is 0 Å². The van der Waals surface area contributed by atoms with E-state index < -0.39 is 15.9 Å². The van der Waals surface area contributed by atoms with E-state index in [-0.39, 0.29) is 29.4 Å². The highest BCUT2D eigenvalue weighted by atomic mass is 32.2. The second-order valence-corrected chi connectivity index (χ2v) is 6.36. The lowest BCUT2D eigenvalue weighted by molar-refractivity contribution is 0.1000. The van der Waals surface area contributed by atoms with Gasteiger partial charge in [0.25, 0.3) is 0 Å². The van der Waals surface area contributed by atoms with Gasteiger partial charge in [-0.3, -0.25) is 4.79 Å². The summed E-state index contributed by atoms with van der Waals surface area (Å²) < 4.78 is 44.4. The molecular formula is C15H15FN2O4S. The van der Waals surface area contributed by atoms with Gasteiger partial charge in [0.2, 0.25) is 15.9 Å². The summed E-state index contributed by atoms with van der Waals surface area (Å²) >= 11 is 0. The maximum Gasteiger partial charge on any atom is 0.248 e. The van der Waals surface area contributed by atoms with Gasteiger partial charge < -0.3 is 10.5 Å². The third-order valence-corrected chi connectivity index (χ3v) is 4.40. The van der Waals surface area contributed by atoms with Crippen molar-refractivity contribution < 1.29 is 22.3 Å². The summed E-state index contributed by atoms with van der Waals surface area (Å²) in [7, 11) is -3.71. The summed E-state index contributed by atoms with van der Waals surface area (Å²) in [5, 5.41) is 0. The van der Waals surface area contributed by atoms with Crippen molar-refractivity contribution in [3.05, 3.63) is 59.9 Å².